The Morgan fingerprint density at radius 3 is 2.82 bits per heavy atom. The van der Waals surface area contributed by atoms with Crippen LogP contribution >= 0.6 is 0 Å². The van der Waals surface area contributed by atoms with Gasteiger partial charge in [0.25, 0.3) is 5.95 Å². The Bertz CT molecular complexity index is 959. The van der Waals surface area contributed by atoms with E-state index >= 15 is 0 Å². The Morgan fingerprint density at radius 1 is 1.00 bits per heavy atom. The molecule has 0 bridgehead atoms. The van der Waals surface area contributed by atoms with Crippen LogP contribution in [0.25, 0.3) is 22.1 Å². The molecule has 4 rings (SSSR count). The van der Waals surface area contributed by atoms with Gasteiger partial charge in [-0.25, -0.2) is 0 Å². The molecule has 0 aliphatic heterocycles. The number of nitrogens with one attached hydrogen (secondary N) is 1. The van der Waals surface area contributed by atoms with E-state index in [1.807, 2.05) is 42.5 Å². The second-order valence-electron chi connectivity index (χ2n) is 4.70. The van der Waals surface area contributed by atoms with E-state index in [2.05, 4.69) is 35.4 Å². The molecule has 0 saturated heterocycles. The minimum Gasteiger partial charge on any atom is -0.338 e. The summed E-state index contributed by atoms with van der Waals surface area (Å²) < 4.78 is 0. The standard InChI is InChI=1S/C15H11N7/c1-2-7-12-11(6-1)13-14(18-12)19-15(22-20-13)21-17-9-10-5-3-4-8-16-10/h1-8H,9H2,(H,18,19,22). The van der Waals surface area contributed by atoms with E-state index < -0.39 is 0 Å². The van der Waals surface area contributed by atoms with Crippen molar-refractivity contribution in [1.82, 2.24) is 25.1 Å². The van der Waals surface area contributed by atoms with Gasteiger partial charge in [-0.3, -0.25) is 4.98 Å². The third-order valence-electron chi connectivity index (χ3n) is 3.23. The Morgan fingerprint density at radius 2 is 1.91 bits per heavy atom. The highest BCUT2D eigenvalue weighted by atomic mass is 15.3. The number of rotatable bonds is 3. The fraction of sp³-hybridized carbons (Fsp3) is 0.0667. The van der Waals surface area contributed by atoms with Crippen molar-refractivity contribution in [3.63, 3.8) is 0 Å². The zero-order valence-electron chi connectivity index (χ0n) is 11.5. The third kappa shape index (κ3) is 2.28. The monoisotopic (exact) mass is 289 g/mol. The molecule has 3 aromatic heterocycles. The molecule has 0 unspecified atom stereocenters. The van der Waals surface area contributed by atoms with Crippen LogP contribution in [-0.2, 0) is 6.54 Å². The van der Waals surface area contributed by atoms with Crippen molar-refractivity contribution in [2.45, 2.75) is 6.54 Å². The lowest BCUT2D eigenvalue weighted by Crippen LogP contribution is -1.88. The van der Waals surface area contributed by atoms with Crippen LogP contribution in [0.5, 0.6) is 0 Å². The van der Waals surface area contributed by atoms with Gasteiger partial charge in [0.1, 0.15) is 12.1 Å². The van der Waals surface area contributed by atoms with Crippen LogP contribution in [0.1, 0.15) is 5.69 Å². The molecule has 3 heterocycles. The van der Waals surface area contributed by atoms with Crippen molar-refractivity contribution in [2.24, 2.45) is 10.2 Å². The zero-order chi connectivity index (χ0) is 14.8. The van der Waals surface area contributed by atoms with Gasteiger partial charge in [-0.2, -0.15) is 10.1 Å². The normalized spacial score (nSPS) is 11.6. The molecule has 0 aliphatic carbocycles. The number of H-pyrrole nitrogens is 1. The number of nitrogens with zero attached hydrogens (tertiary/aromatic N) is 6. The number of hydrogen-bond acceptors (Lipinski definition) is 6. The van der Waals surface area contributed by atoms with Crippen molar-refractivity contribution in [2.75, 3.05) is 0 Å². The van der Waals surface area contributed by atoms with Crippen LogP contribution < -0.4 is 0 Å². The smallest absolute Gasteiger partial charge is 0.289 e. The first-order chi connectivity index (χ1) is 10.9. The Balaban J connectivity index is 1.64. The summed E-state index contributed by atoms with van der Waals surface area (Å²) in [6.45, 7) is 0.384. The predicted molar refractivity (Wildman–Crippen MR) is 81.6 cm³/mol. The van der Waals surface area contributed by atoms with Gasteiger partial charge >= 0.3 is 0 Å². The second-order valence-corrected chi connectivity index (χ2v) is 4.70. The minimum atomic E-state index is 0.231. The summed E-state index contributed by atoms with van der Waals surface area (Å²) in [6.07, 6.45) is 1.72. The fourth-order valence-electron chi connectivity index (χ4n) is 2.22. The molecule has 7 nitrogen and oxygen atoms in total. The van der Waals surface area contributed by atoms with E-state index in [9.17, 15) is 0 Å². The molecule has 0 fully saturated rings. The van der Waals surface area contributed by atoms with Crippen LogP contribution in [0, 0.1) is 0 Å². The average Bonchev–Trinajstić information content (AvgIpc) is 2.93. The van der Waals surface area contributed by atoms with E-state index in [0.717, 1.165) is 22.1 Å². The zero-order valence-corrected chi connectivity index (χ0v) is 11.5. The van der Waals surface area contributed by atoms with Gasteiger partial charge in [-0.1, -0.05) is 24.3 Å². The third-order valence-corrected chi connectivity index (χ3v) is 3.23. The molecule has 0 amide bonds. The van der Waals surface area contributed by atoms with Gasteiger partial charge in [-0.15, -0.1) is 15.3 Å². The van der Waals surface area contributed by atoms with Gasteiger partial charge in [0.15, 0.2) is 5.65 Å². The van der Waals surface area contributed by atoms with Crippen LogP contribution in [-0.4, -0.2) is 25.1 Å². The van der Waals surface area contributed by atoms with Crippen LogP contribution in [0.3, 0.4) is 0 Å². The van der Waals surface area contributed by atoms with E-state index in [4.69, 9.17) is 0 Å². The highest BCUT2D eigenvalue weighted by Gasteiger charge is 2.07. The molecule has 0 saturated carbocycles. The highest BCUT2D eigenvalue weighted by Crippen LogP contribution is 2.22. The van der Waals surface area contributed by atoms with E-state index in [1.165, 1.54) is 0 Å². The average molecular weight is 289 g/mol. The molecule has 0 aliphatic rings. The maximum Gasteiger partial charge on any atom is 0.289 e. The lowest BCUT2D eigenvalue weighted by atomic mass is 10.2. The number of aromatic amines is 1. The minimum absolute atomic E-state index is 0.231. The van der Waals surface area contributed by atoms with Crippen molar-refractivity contribution < 1.29 is 0 Å². The number of hydrogen-bond donors (Lipinski definition) is 1. The maximum absolute atomic E-state index is 4.33. The molecule has 22 heavy (non-hydrogen) atoms. The van der Waals surface area contributed by atoms with E-state index in [1.54, 1.807) is 6.20 Å². The quantitative estimate of drug-likeness (QED) is 0.586. The summed E-state index contributed by atoms with van der Waals surface area (Å²) in [5, 5.41) is 17.2. The molecule has 0 spiro atoms. The molecule has 7 heteroatoms. The first kappa shape index (κ1) is 12.5. The highest BCUT2D eigenvalue weighted by molar-refractivity contribution is 6.03. The Kier molecular flexibility index (Phi) is 3.01. The number of para-hydroxylation sites is 1. The second kappa shape index (κ2) is 5.28. The first-order valence-electron chi connectivity index (χ1n) is 6.79. The largest absolute Gasteiger partial charge is 0.338 e. The van der Waals surface area contributed by atoms with Crippen molar-refractivity contribution in [1.29, 1.82) is 0 Å². The Hall–Kier alpha value is -3.22. The first-order valence-corrected chi connectivity index (χ1v) is 6.79. The van der Waals surface area contributed by atoms with Crippen LogP contribution in [0.4, 0.5) is 5.95 Å². The number of aromatic nitrogens is 5. The molecular weight excluding hydrogens is 278 g/mol. The van der Waals surface area contributed by atoms with Gasteiger partial charge in [-0.05, 0) is 18.2 Å². The van der Waals surface area contributed by atoms with Crippen molar-refractivity contribution in [3.05, 3.63) is 54.4 Å². The van der Waals surface area contributed by atoms with Crippen LogP contribution in [0.2, 0.25) is 0 Å². The number of azo groups is 1. The molecule has 106 valence electrons. The number of benzene rings is 1. The summed E-state index contributed by atoms with van der Waals surface area (Å²) in [5.74, 6) is 0.231. The van der Waals surface area contributed by atoms with Gasteiger partial charge < -0.3 is 4.98 Å². The number of pyridine rings is 1. The summed E-state index contributed by atoms with van der Waals surface area (Å²) in [6, 6.07) is 13.5. The fourth-order valence-corrected chi connectivity index (χ4v) is 2.22. The topological polar surface area (TPSA) is 92.1 Å². The van der Waals surface area contributed by atoms with Gasteiger partial charge in [0, 0.05) is 17.1 Å². The van der Waals surface area contributed by atoms with Crippen molar-refractivity contribution >= 4 is 28.0 Å². The molecule has 1 N–H and O–H groups in total. The van der Waals surface area contributed by atoms with Crippen LogP contribution in [0.15, 0.2) is 58.9 Å². The van der Waals surface area contributed by atoms with E-state index in [0.29, 0.717) is 12.2 Å². The predicted octanol–water partition coefficient (Wildman–Crippen LogP) is 3.19. The van der Waals surface area contributed by atoms with E-state index in [-0.39, 0.29) is 5.95 Å². The summed E-state index contributed by atoms with van der Waals surface area (Å²) in [7, 11) is 0. The molecular formula is C15H11N7. The molecule has 4 aromatic rings. The molecule has 1 aromatic carbocycles. The van der Waals surface area contributed by atoms with Gasteiger partial charge in [0.2, 0.25) is 0 Å². The summed E-state index contributed by atoms with van der Waals surface area (Å²) >= 11 is 0. The summed E-state index contributed by atoms with van der Waals surface area (Å²) in [5.41, 5.74) is 3.20. The SMILES string of the molecule is c1ccc(CN=Nc2nnc3c(n2)[nH]c2ccccc23)nc1. The molecule has 0 atom stereocenters. The molecule has 0 radical (unpaired) electrons. The van der Waals surface area contributed by atoms with Crippen molar-refractivity contribution in [3.8, 4) is 0 Å². The summed E-state index contributed by atoms with van der Waals surface area (Å²) in [4.78, 5) is 11.7. The van der Waals surface area contributed by atoms with Gasteiger partial charge in [0.05, 0.1) is 5.69 Å². The number of fused-ring (bicyclic) bond motifs is 3. The lowest BCUT2D eigenvalue weighted by Gasteiger charge is -1.93. The lowest BCUT2D eigenvalue weighted by molar-refractivity contribution is 0.880. The Labute approximate surface area is 125 Å². The maximum atomic E-state index is 4.33.